The molecule has 2 aromatic carbocycles. The standard InChI is InChI=1S/C39H59N3O3S/c1-28-15-14-16-34(30(28)3)32-17-19-33(20-18-32)37-35-26-41(23-12-13-24-42(35)36(37)27-43)46(44,45)38-31(4)40-29(2)25-39(38)21-10-8-6-5-7-9-11-22-39/h14-20,29,31,35-38,40,43H,5-13,21-27H2,1-4H3/t29?,31?,35?,36?,37-,38?/m0/s1. The molecule has 4 aliphatic rings. The highest BCUT2D eigenvalue weighted by Crippen LogP contribution is 2.49. The monoisotopic (exact) mass is 649 g/mol. The number of piperidine rings is 1. The van der Waals surface area contributed by atoms with Crippen LogP contribution in [0.4, 0.5) is 0 Å². The van der Waals surface area contributed by atoms with Crippen molar-refractivity contribution in [3.8, 4) is 11.1 Å². The fourth-order valence-electron chi connectivity index (χ4n) is 10.1. The zero-order valence-electron chi connectivity index (χ0n) is 28.9. The minimum absolute atomic E-state index is 0.0277. The summed E-state index contributed by atoms with van der Waals surface area (Å²) in [6.45, 7) is 10.9. The van der Waals surface area contributed by atoms with Crippen LogP contribution >= 0.6 is 0 Å². The molecule has 1 saturated carbocycles. The van der Waals surface area contributed by atoms with Gasteiger partial charge in [0.05, 0.1) is 11.9 Å². The lowest BCUT2D eigenvalue weighted by Crippen LogP contribution is -2.69. The molecule has 3 heterocycles. The van der Waals surface area contributed by atoms with Gasteiger partial charge in [0.1, 0.15) is 0 Å². The molecule has 2 N–H and O–H groups in total. The average Bonchev–Trinajstić information content (AvgIpc) is 3.01. The lowest BCUT2D eigenvalue weighted by atomic mass is 9.67. The number of rotatable bonds is 5. The largest absolute Gasteiger partial charge is 0.395 e. The molecule has 3 saturated heterocycles. The number of aryl methyl sites for hydroxylation is 1. The van der Waals surface area contributed by atoms with Gasteiger partial charge in [-0.05, 0) is 99.6 Å². The smallest absolute Gasteiger partial charge is 0.219 e. The van der Waals surface area contributed by atoms with E-state index in [1.54, 1.807) is 0 Å². The quantitative estimate of drug-likeness (QED) is 0.359. The Kier molecular flexibility index (Phi) is 10.7. The maximum Gasteiger partial charge on any atom is 0.219 e. The summed E-state index contributed by atoms with van der Waals surface area (Å²) in [5.41, 5.74) is 6.08. The highest BCUT2D eigenvalue weighted by molar-refractivity contribution is 7.89. The Labute approximate surface area is 279 Å². The second kappa shape index (κ2) is 14.4. The minimum Gasteiger partial charge on any atom is -0.395 e. The molecule has 3 aliphatic heterocycles. The molecule has 0 aromatic heterocycles. The van der Waals surface area contributed by atoms with E-state index in [9.17, 15) is 5.11 Å². The summed E-state index contributed by atoms with van der Waals surface area (Å²) in [4.78, 5) is 2.41. The van der Waals surface area contributed by atoms with Gasteiger partial charge in [-0.3, -0.25) is 4.90 Å². The summed E-state index contributed by atoms with van der Waals surface area (Å²) >= 11 is 0. The molecule has 0 amide bonds. The molecule has 254 valence electrons. The molecule has 6 nitrogen and oxygen atoms in total. The number of hydrogen-bond donors (Lipinski definition) is 2. The van der Waals surface area contributed by atoms with Crippen molar-refractivity contribution < 1.29 is 13.5 Å². The van der Waals surface area contributed by atoms with Gasteiger partial charge in [-0.15, -0.1) is 0 Å². The van der Waals surface area contributed by atoms with Crippen molar-refractivity contribution in [3.05, 3.63) is 59.2 Å². The van der Waals surface area contributed by atoms with Crippen molar-refractivity contribution in [2.45, 2.75) is 140 Å². The van der Waals surface area contributed by atoms with Crippen LogP contribution in [0.2, 0.25) is 0 Å². The average molecular weight is 650 g/mol. The van der Waals surface area contributed by atoms with E-state index in [1.807, 2.05) is 4.31 Å². The molecule has 2 aromatic rings. The van der Waals surface area contributed by atoms with Gasteiger partial charge in [0, 0.05) is 43.2 Å². The third-order valence-corrected chi connectivity index (χ3v) is 15.0. The van der Waals surface area contributed by atoms with E-state index in [1.165, 1.54) is 59.9 Å². The van der Waals surface area contributed by atoms with E-state index in [4.69, 9.17) is 0 Å². The molecule has 7 heteroatoms. The van der Waals surface area contributed by atoms with Crippen molar-refractivity contribution >= 4 is 10.0 Å². The molecule has 1 spiro atoms. The molecule has 1 aliphatic carbocycles. The lowest BCUT2D eigenvalue weighted by molar-refractivity contribution is -0.0557. The lowest BCUT2D eigenvalue weighted by Gasteiger charge is -2.58. The molecule has 0 bridgehead atoms. The Balaban J connectivity index is 1.29. The molecule has 0 radical (unpaired) electrons. The van der Waals surface area contributed by atoms with E-state index in [0.29, 0.717) is 19.1 Å². The summed E-state index contributed by atoms with van der Waals surface area (Å²) in [5.74, 6) is 0.109. The van der Waals surface area contributed by atoms with Gasteiger partial charge >= 0.3 is 0 Å². The summed E-state index contributed by atoms with van der Waals surface area (Å²) in [7, 11) is -3.58. The van der Waals surface area contributed by atoms with Crippen LogP contribution in [0, 0.1) is 19.3 Å². The minimum atomic E-state index is -3.58. The van der Waals surface area contributed by atoms with Gasteiger partial charge < -0.3 is 10.4 Å². The summed E-state index contributed by atoms with van der Waals surface area (Å²) in [6, 6.07) is 15.7. The first-order chi connectivity index (χ1) is 22.2. The Morgan fingerprint density at radius 2 is 1.52 bits per heavy atom. The molecule has 6 atom stereocenters. The summed E-state index contributed by atoms with van der Waals surface area (Å²) < 4.78 is 32.1. The van der Waals surface area contributed by atoms with Gasteiger partial charge in [-0.25, -0.2) is 12.7 Å². The van der Waals surface area contributed by atoms with E-state index in [-0.39, 0.29) is 36.1 Å². The van der Waals surface area contributed by atoms with Gasteiger partial charge in [-0.1, -0.05) is 87.4 Å². The Hall–Kier alpha value is -1.77. The van der Waals surface area contributed by atoms with E-state index < -0.39 is 15.3 Å². The Bertz CT molecular complexity index is 1420. The number of benzene rings is 2. The topological polar surface area (TPSA) is 72.9 Å². The summed E-state index contributed by atoms with van der Waals surface area (Å²) in [5, 5.41) is 13.9. The fourth-order valence-corrected chi connectivity index (χ4v) is 12.7. The maximum absolute atomic E-state index is 15.1. The van der Waals surface area contributed by atoms with Gasteiger partial charge in [0.25, 0.3) is 0 Å². The highest BCUT2D eigenvalue weighted by Gasteiger charge is 2.56. The normalized spacial score (nSPS) is 31.8. The van der Waals surface area contributed by atoms with Crippen LogP contribution in [0.5, 0.6) is 0 Å². The van der Waals surface area contributed by atoms with Crippen LogP contribution in [0.1, 0.15) is 114 Å². The zero-order chi connectivity index (χ0) is 32.5. The first-order valence-corrected chi connectivity index (χ1v) is 19.9. The number of aliphatic hydroxyl groups is 1. The molecular weight excluding hydrogens is 591 g/mol. The van der Waals surface area contributed by atoms with Crippen molar-refractivity contribution in [2.75, 3.05) is 26.2 Å². The SMILES string of the molecule is Cc1cccc(-c2ccc([C@@H]3C(CO)N4CCCCN(S(=O)(=O)C5C(C)NC(C)CC56CCCCCCCCC6)CC34)cc2)c1C. The van der Waals surface area contributed by atoms with Crippen LogP contribution in [0.25, 0.3) is 11.1 Å². The van der Waals surface area contributed by atoms with Gasteiger partial charge in [0.2, 0.25) is 10.0 Å². The van der Waals surface area contributed by atoms with Crippen LogP contribution < -0.4 is 5.32 Å². The second-order valence-electron chi connectivity index (χ2n) is 15.4. The zero-order valence-corrected chi connectivity index (χ0v) is 29.7. The predicted octanol–water partition coefficient (Wildman–Crippen LogP) is 7.17. The van der Waals surface area contributed by atoms with Crippen LogP contribution in [-0.2, 0) is 10.0 Å². The Morgan fingerprint density at radius 3 is 2.20 bits per heavy atom. The number of aliphatic hydroxyl groups excluding tert-OH is 1. The number of fused-ring (bicyclic) bond motifs is 1. The molecular formula is C39H59N3O3S. The molecule has 6 rings (SSSR count). The fraction of sp³-hybridized carbons (Fsp3) is 0.692. The van der Waals surface area contributed by atoms with Crippen LogP contribution in [0.15, 0.2) is 42.5 Å². The predicted molar refractivity (Wildman–Crippen MR) is 190 cm³/mol. The van der Waals surface area contributed by atoms with Crippen molar-refractivity contribution in [2.24, 2.45) is 5.41 Å². The van der Waals surface area contributed by atoms with Crippen molar-refractivity contribution in [1.29, 1.82) is 0 Å². The Morgan fingerprint density at radius 1 is 0.870 bits per heavy atom. The highest BCUT2D eigenvalue weighted by atomic mass is 32.2. The first kappa shape index (κ1) is 34.1. The van der Waals surface area contributed by atoms with Crippen LogP contribution in [0.3, 0.4) is 0 Å². The number of nitrogens with one attached hydrogen (secondary N) is 1. The molecule has 4 fully saturated rings. The third-order valence-electron chi connectivity index (χ3n) is 12.4. The number of hydrogen-bond acceptors (Lipinski definition) is 5. The summed E-state index contributed by atoms with van der Waals surface area (Å²) in [6.07, 6.45) is 13.4. The van der Waals surface area contributed by atoms with Crippen LogP contribution in [-0.4, -0.2) is 78.4 Å². The van der Waals surface area contributed by atoms with E-state index in [2.05, 4.69) is 80.4 Å². The second-order valence-corrected chi connectivity index (χ2v) is 17.4. The number of sulfonamides is 1. The molecule has 5 unspecified atom stereocenters. The molecule has 46 heavy (non-hydrogen) atoms. The van der Waals surface area contributed by atoms with Gasteiger partial charge in [0.15, 0.2) is 0 Å². The third kappa shape index (κ3) is 6.61. The van der Waals surface area contributed by atoms with Crippen molar-refractivity contribution in [3.63, 3.8) is 0 Å². The van der Waals surface area contributed by atoms with E-state index >= 15 is 8.42 Å². The first-order valence-electron chi connectivity index (χ1n) is 18.4. The van der Waals surface area contributed by atoms with Gasteiger partial charge in [-0.2, -0.15) is 0 Å². The van der Waals surface area contributed by atoms with Crippen molar-refractivity contribution in [1.82, 2.24) is 14.5 Å². The maximum atomic E-state index is 15.1. The van der Waals surface area contributed by atoms with E-state index in [0.717, 1.165) is 51.5 Å². The number of nitrogens with zero attached hydrogens (tertiary/aromatic N) is 2.